The van der Waals surface area contributed by atoms with Crippen LogP contribution in [0.2, 0.25) is 0 Å². The van der Waals surface area contributed by atoms with E-state index in [1.807, 2.05) is 6.07 Å². The first kappa shape index (κ1) is 28.5. The molecule has 1 aromatic carbocycles. The van der Waals surface area contributed by atoms with Crippen molar-refractivity contribution in [1.82, 2.24) is 9.55 Å². The van der Waals surface area contributed by atoms with Crippen LogP contribution in [-0.4, -0.2) is 35.2 Å². The second kappa shape index (κ2) is 13.5. The van der Waals surface area contributed by atoms with Gasteiger partial charge in [-0.25, -0.2) is 13.8 Å². The van der Waals surface area contributed by atoms with Gasteiger partial charge < -0.3 is 16.4 Å². The summed E-state index contributed by atoms with van der Waals surface area (Å²) in [7, 11) is 0. The summed E-state index contributed by atoms with van der Waals surface area (Å²) in [5, 5.41) is 9.13. The van der Waals surface area contributed by atoms with Gasteiger partial charge >= 0.3 is 0 Å². The number of rotatable bonds is 4. The van der Waals surface area contributed by atoms with Crippen LogP contribution in [0.3, 0.4) is 0 Å². The monoisotopic (exact) mass is 560 g/mol. The van der Waals surface area contributed by atoms with Crippen LogP contribution in [0.25, 0.3) is 10.6 Å². The Kier molecular flexibility index (Phi) is 11.0. The van der Waals surface area contributed by atoms with E-state index in [9.17, 15) is 13.6 Å². The second-order valence-electron chi connectivity index (χ2n) is 9.88. The molecule has 3 unspecified atom stereocenters. The van der Waals surface area contributed by atoms with E-state index in [1.54, 1.807) is 0 Å². The zero-order chi connectivity index (χ0) is 24.0. The molecule has 189 valence electrons. The maximum atomic E-state index is 12.6. The van der Waals surface area contributed by atoms with Crippen molar-refractivity contribution in [2.45, 2.75) is 70.0 Å². The summed E-state index contributed by atoms with van der Waals surface area (Å²) in [5.74, 6) is 0.398. The van der Waals surface area contributed by atoms with Gasteiger partial charge in [-0.05, 0) is 24.2 Å². The van der Waals surface area contributed by atoms with Crippen LogP contribution < -0.4 is 11.3 Å². The first-order chi connectivity index (χ1) is 16.5. The number of hydrogen-bond donors (Lipinski definition) is 1. The molecule has 9 heteroatoms. The van der Waals surface area contributed by atoms with E-state index < -0.39 is 12.1 Å². The fourth-order valence-corrected chi connectivity index (χ4v) is 5.64. The van der Waals surface area contributed by atoms with Crippen LogP contribution in [0.4, 0.5) is 8.78 Å². The molecule has 3 aliphatic rings. The average molecular weight is 561 g/mol. The molecule has 0 amide bonds. The number of hydrogen-bond acceptors (Lipinski definition) is 3. The minimum Gasteiger partial charge on any atom is -0.662 e. The van der Waals surface area contributed by atoms with Gasteiger partial charge in [-0.3, -0.25) is 9.36 Å². The maximum Gasteiger partial charge on any atom is 0.280 e. The van der Waals surface area contributed by atoms with Crippen molar-refractivity contribution in [3.8, 4) is 0 Å². The number of aromatic nitrogens is 2. The molecule has 2 saturated heterocycles. The normalized spacial score (nSPS) is 25.5. The third-order valence-electron chi connectivity index (χ3n) is 7.63. The molecule has 2 aliphatic heterocycles. The largest absolute Gasteiger partial charge is 0.662 e. The van der Waals surface area contributed by atoms with Crippen molar-refractivity contribution in [3.63, 3.8) is 0 Å². The molecule has 0 bridgehead atoms. The fraction of sp³-hybridized carbons (Fsp3) is 0.615. The smallest absolute Gasteiger partial charge is 0.280 e. The first-order valence-electron chi connectivity index (χ1n) is 12.4. The summed E-state index contributed by atoms with van der Waals surface area (Å²) in [4.78, 5) is 15.7. The van der Waals surface area contributed by atoms with Crippen molar-refractivity contribution in [2.24, 2.45) is 17.1 Å². The fourth-order valence-electron chi connectivity index (χ4n) is 5.64. The van der Waals surface area contributed by atoms with E-state index >= 15 is 0 Å². The average Bonchev–Trinajstić information content (AvgIpc) is 3.31. The van der Waals surface area contributed by atoms with E-state index in [4.69, 9.17) is 5.73 Å². The van der Waals surface area contributed by atoms with E-state index in [1.165, 1.54) is 42.1 Å². The van der Waals surface area contributed by atoms with Gasteiger partial charge in [-0.15, -0.1) is 25.7 Å². The van der Waals surface area contributed by atoms with Crippen molar-refractivity contribution in [2.75, 3.05) is 19.6 Å². The van der Waals surface area contributed by atoms with Crippen LogP contribution in [0.1, 0.15) is 68.7 Å². The van der Waals surface area contributed by atoms with Crippen molar-refractivity contribution < 1.29 is 41.5 Å². The van der Waals surface area contributed by atoms with Gasteiger partial charge in [0.1, 0.15) is 5.69 Å². The van der Waals surface area contributed by atoms with Crippen LogP contribution in [0.5, 0.6) is 0 Å². The molecule has 2 N–H and O–H groups in total. The SMILES string of the molecule is NC1CC[N-]C(c2ccccc2)C1.O=c1cc(C(F)F)ncn1CC1CC[N-]CC12CCCC2.[Y]. The Morgan fingerprint density at radius 2 is 1.89 bits per heavy atom. The standard InChI is InChI=1S/C15H20F2N3O.C11H15N2.Y/c16-14(17)12-7-13(21)20(10-19-12)8-11-3-6-18-9-15(11)4-1-2-5-15;12-10-6-7-13-11(8-10)9-4-2-1-3-5-9;/h7,10-11,14H,1-6,8-9H2;1-5,10-11H,6-8,12H2;/q2*-1;. The molecule has 5 rings (SSSR count). The zero-order valence-electron chi connectivity index (χ0n) is 20.2. The summed E-state index contributed by atoms with van der Waals surface area (Å²) >= 11 is 0. The summed E-state index contributed by atoms with van der Waals surface area (Å²) in [6.45, 7) is 3.21. The maximum absolute atomic E-state index is 12.6. The molecule has 1 radical (unpaired) electrons. The third-order valence-corrected chi connectivity index (χ3v) is 7.63. The summed E-state index contributed by atoms with van der Waals surface area (Å²) in [6.07, 6.45) is 6.39. The Bertz CT molecular complexity index is 968. The topological polar surface area (TPSA) is 89.1 Å². The Balaban J connectivity index is 0.000000211. The van der Waals surface area contributed by atoms with Gasteiger partial charge in [-0.1, -0.05) is 68.0 Å². The Morgan fingerprint density at radius 3 is 2.54 bits per heavy atom. The molecule has 1 saturated carbocycles. The Morgan fingerprint density at radius 1 is 1.14 bits per heavy atom. The second-order valence-corrected chi connectivity index (χ2v) is 9.88. The van der Waals surface area contributed by atoms with E-state index in [-0.39, 0.29) is 43.7 Å². The molecule has 1 aromatic heterocycles. The van der Waals surface area contributed by atoms with Crippen molar-refractivity contribution in [1.29, 1.82) is 0 Å². The molecule has 3 atom stereocenters. The third kappa shape index (κ3) is 7.48. The first-order valence-corrected chi connectivity index (χ1v) is 12.4. The number of piperidine rings is 2. The van der Waals surface area contributed by atoms with Crippen LogP contribution in [0, 0.1) is 11.3 Å². The number of nitrogens with two attached hydrogens (primary N) is 1. The predicted octanol–water partition coefficient (Wildman–Crippen LogP) is 5.35. The number of alkyl halides is 2. The molecule has 3 heterocycles. The molecule has 1 spiro atoms. The minimum atomic E-state index is -2.69. The number of benzene rings is 1. The molecule has 3 fully saturated rings. The van der Waals surface area contributed by atoms with E-state index in [2.05, 4.69) is 39.9 Å². The van der Waals surface area contributed by atoms with Gasteiger partial charge in [0.15, 0.2) is 0 Å². The molecular weight excluding hydrogens is 525 g/mol. The van der Waals surface area contributed by atoms with Gasteiger partial charge in [-0.2, -0.15) is 0 Å². The van der Waals surface area contributed by atoms with Crippen LogP contribution in [-0.2, 0) is 39.3 Å². The predicted molar refractivity (Wildman–Crippen MR) is 130 cm³/mol. The van der Waals surface area contributed by atoms with E-state index in [0.717, 1.165) is 45.0 Å². The minimum absolute atomic E-state index is 0. The zero-order valence-corrected chi connectivity index (χ0v) is 23.1. The van der Waals surface area contributed by atoms with Crippen molar-refractivity contribution in [3.05, 3.63) is 75.0 Å². The Labute approximate surface area is 231 Å². The van der Waals surface area contributed by atoms with Crippen molar-refractivity contribution >= 4 is 0 Å². The van der Waals surface area contributed by atoms with Gasteiger partial charge in [0.25, 0.3) is 12.0 Å². The van der Waals surface area contributed by atoms with Crippen LogP contribution >= 0.6 is 0 Å². The number of nitrogens with zero attached hydrogens (tertiary/aromatic N) is 4. The van der Waals surface area contributed by atoms with E-state index in [0.29, 0.717) is 24.5 Å². The summed E-state index contributed by atoms with van der Waals surface area (Å²) < 4.78 is 26.6. The number of halogens is 2. The molecule has 2 aromatic rings. The van der Waals surface area contributed by atoms with Gasteiger partial charge in [0.05, 0.1) is 6.33 Å². The Hall–Kier alpha value is -1.06. The van der Waals surface area contributed by atoms with Gasteiger partial charge in [0, 0.05) is 51.4 Å². The summed E-state index contributed by atoms with van der Waals surface area (Å²) in [6, 6.07) is 12.0. The summed E-state index contributed by atoms with van der Waals surface area (Å²) in [5.41, 5.74) is 6.61. The molecule has 35 heavy (non-hydrogen) atoms. The quantitative estimate of drug-likeness (QED) is 0.547. The van der Waals surface area contributed by atoms with Gasteiger partial charge in [0.2, 0.25) is 0 Å². The molecule has 6 nitrogen and oxygen atoms in total. The molecule has 1 aliphatic carbocycles. The van der Waals surface area contributed by atoms with Crippen LogP contribution in [0.15, 0.2) is 47.5 Å². The molecular formula is C26H35F2N5OY-2.